The van der Waals surface area contributed by atoms with Crippen molar-refractivity contribution in [1.82, 2.24) is 9.80 Å². The smallest absolute Gasteiger partial charge is 0.289 e. The maximum absolute atomic E-state index is 12.6. The number of amides is 1. The summed E-state index contributed by atoms with van der Waals surface area (Å²) in [5.74, 6) is 0.386. The van der Waals surface area contributed by atoms with Crippen molar-refractivity contribution in [2.45, 2.75) is 25.0 Å². The second-order valence-corrected chi connectivity index (χ2v) is 7.66. The molecule has 0 bridgehead atoms. The van der Waals surface area contributed by atoms with Gasteiger partial charge in [0, 0.05) is 31.1 Å². The molecule has 0 saturated carbocycles. The second kappa shape index (κ2) is 6.70. The summed E-state index contributed by atoms with van der Waals surface area (Å²) in [6.07, 6.45) is 3.53. The Morgan fingerprint density at radius 2 is 2.21 bits per heavy atom. The average molecular weight is 346 g/mol. The minimum atomic E-state index is -0.240. The first kappa shape index (κ1) is 15.9. The Kier molecular flexibility index (Phi) is 4.43. The van der Waals surface area contributed by atoms with Gasteiger partial charge >= 0.3 is 0 Å². The van der Waals surface area contributed by atoms with Crippen LogP contribution in [0.5, 0.6) is 0 Å². The van der Waals surface area contributed by atoms with E-state index < -0.39 is 0 Å². The number of carbonyl (C=O) groups is 1. The molecule has 0 aliphatic carbocycles. The van der Waals surface area contributed by atoms with Gasteiger partial charge in [-0.3, -0.25) is 9.69 Å². The third-order valence-corrected chi connectivity index (χ3v) is 5.71. The first-order valence-corrected chi connectivity index (χ1v) is 9.34. The molecule has 5 nitrogen and oxygen atoms in total. The van der Waals surface area contributed by atoms with Gasteiger partial charge in [-0.2, -0.15) is 0 Å². The minimum Gasteiger partial charge on any atom is -0.459 e. The zero-order valence-electron chi connectivity index (χ0n) is 13.6. The van der Waals surface area contributed by atoms with Crippen molar-refractivity contribution in [2.75, 3.05) is 32.8 Å². The van der Waals surface area contributed by atoms with E-state index in [0.29, 0.717) is 12.3 Å². The predicted octanol–water partition coefficient (Wildman–Crippen LogP) is 2.85. The second-order valence-electron chi connectivity index (χ2n) is 6.63. The van der Waals surface area contributed by atoms with Crippen molar-refractivity contribution < 1.29 is 13.9 Å². The number of ether oxygens (including phenoxy) is 1. The van der Waals surface area contributed by atoms with Gasteiger partial charge < -0.3 is 14.1 Å². The van der Waals surface area contributed by atoms with E-state index in [-0.39, 0.29) is 11.5 Å². The number of piperidine rings is 1. The molecule has 0 aromatic carbocycles. The SMILES string of the molecule is O=C(c1ccco1)N1CCC[C@]2(CN(Cc3cccs3)CCO2)C1. The maximum Gasteiger partial charge on any atom is 0.289 e. The van der Waals surface area contributed by atoms with Crippen molar-refractivity contribution in [3.63, 3.8) is 0 Å². The standard InChI is InChI=1S/C18H22N2O3S/c21-17(16-5-1-9-22-16)20-7-3-6-18(14-20)13-19(8-10-23-18)12-15-4-2-11-24-15/h1-2,4-5,9,11H,3,6-8,10,12-14H2/t18-/m0/s1. The van der Waals surface area contributed by atoms with Crippen LogP contribution in [0.4, 0.5) is 0 Å². The number of hydrogen-bond acceptors (Lipinski definition) is 5. The number of furan rings is 1. The monoisotopic (exact) mass is 346 g/mol. The Labute approximate surface area is 145 Å². The fourth-order valence-electron chi connectivity index (χ4n) is 3.76. The Hall–Kier alpha value is -1.63. The van der Waals surface area contributed by atoms with Crippen LogP contribution in [0.15, 0.2) is 40.3 Å². The molecule has 6 heteroatoms. The van der Waals surface area contributed by atoms with Crippen LogP contribution < -0.4 is 0 Å². The third kappa shape index (κ3) is 3.27. The van der Waals surface area contributed by atoms with Crippen LogP contribution in [-0.2, 0) is 11.3 Å². The highest BCUT2D eigenvalue weighted by Gasteiger charge is 2.42. The summed E-state index contributed by atoms with van der Waals surface area (Å²) in [5.41, 5.74) is -0.240. The third-order valence-electron chi connectivity index (χ3n) is 4.85. The fraction of sp³-hybridized carbons (Fsp3) is 0.500. The maximum atomic E-state index is 12.6. The molecular weight excluding hydrogens is 324 g/mol. The highest BCUT2D eigenvalue weighted by atomic mass is 32.1. The molecule has 1 amide bonds. The van der Waals surface area contributed by atoms with E-state index in [0.717, 1.165) is 45.6 Å². The molecule has 0 radical (unpaired) electrons. The van der Waals surface area contributed by atoms with Crippen LogP contribution >= 0.6 is 11.3 Å². The van der Waals surface area contributed by atoms with Crippen molar-refractivity contribution in [3.05, 3.63) is 46.5 Å². The molecule has 2 aromatic heterocycles. The van der Waals surface area contributed by atoms with E-state index in [4.69, 9.17) is 9.15 Å². The van der Waals surface area contributed by atoms with Crippen LogP contribution in [0.2, 0.25) is 0 Å². The average Bonchev–Trinajstić information content (AvgIpc) is 3.28. The molecular formula is C18H22N2O3S. The lowest BCUT2D eigenvalue weighted by Gasteiger charge is -2.47. The number of carbonyl (C=O) groups excluding carboxylic acids is 1. The highest BCUT2D eigenvalue weighted by molar-refractivity contribution is 7.09. The minimum absolute atomic E-state index is 0.0296. The molecule has 0 N–H and O–H groups in total. The number of likely N-dealkylation sites (tertiary alicyclic amines) is 1. The number of hydrogen-bond donors (Lipinski definition) is 0. The van der Waals surface area contributed by atoms with Gasteiger partial charge in [0.2, 0.25) is 0 Å². The van der Waals surface area contributed by atoms with E-state index in [1.54, 1.807) is 29.7 Å². The summed E-state index contributed by atoms with van der Waals surface area (Å²) in [5, 5.41) is 2.12. The Bertz CT molecular complexity index is 667. The zero-order valence-corrected chi connectivity index (χ0v) is 14.5. The van der Waals surface area contributed by atoms with Crippen LogP contribution in [0.3, 0.4) is 0 Å². The van der Waals surface area contributed by atoms with Crippen molar-refractivity contribution >= 4 is 17.2 Å². The molecule has 0 unspecified atom stereocenters. The van der Waals surface area contributed by atoms with Crippen molar-refractivity contribution in [3.8, 4) is 0 Å². The lowest BCUT2D eigenvalue weighted by Crippen LogP contribution is -2.60. The van der Waals surface area contributed by atoms with E-state index in [1.165, 1.54) is 4.88 Å². The largest absolute Gasteiger partial charge is 0.459 e. The van der Waals surface area contributed by atoms with Gasteiger partial charge in [0.05, 0.1) is 25.0 Å². The molecule has 128 valence electrons. The summed E-state index contributed by atoms with van der Waals surface area (Å²) < 4.78 is 11.5. The van der Waals surface area contributed by atoms with Gasteiger partial charge in [0.1, 0.15) is 0 Å². The number of nitrogens with zero attached hydrogens (tertiary/aromatic N) is 2. The predicted molar refractivity (Wildman–Crippen MR) is 92.1 cm³/mol. The molecule has 2 aliphatic heterocycles. The van der Waals surface area contributed by atoms with E-state index in [2.05, 4.69) is 22.4 Å². The van der Waals surface area contributed by atoms with Crippen LogP contribution in [-0.4, -0.2) is 54.1 Å². The molecule has 1 spiro atoms. The van der Waals surface area contributed by atoms with Gasteiger partial charge in [-0.1, -0.05) is 6.07 Å². The highest BCUT2D eigenvalue weighted by Crippen LogP contribution is 2.30. The summed E-state index contributed by atoms with van der Waals surface area (Å²) in [7, 11) is 0. The number of morpholine rings is 1. The molecule has 4 heterocycles. The fourth-order valence-corrected chi connectivity index (χ4v) is 4.50. The van der Waals surface area contributed by atoms with Gasteiger partial charge in [-0.05, 0) is 36.4 Å². The van der Waals surface area contributed by atoms with E-state index in [9.17, 15) is 4.79 Å². The van der Waals surface area contributed by atoms with Crippen LogP contribution in [0.25, 0.3) is 0 Å². The molecule has 4 rings (SSSR count). The first-order chi connectivity index (χ1) is 11.7. The quantitative estimate of drug-likeness (QED) is 0.857. The van der Waals surface area contributed by atoms with Gasteiger partial charge in [0.25, 0.3) is 5.91 Å². The lowest BCUT2D eigenvalue weighted by atomic mass is 9.90. The van der Waals surface area contributed by atoms with Gasteiger partial charge in [-0.25, -0.2) is 0 Å². The Balaban J connectivity index is 1.44. The number of rotatable bonds is 3. The van der Waals surface area contributed by atoms with Crippen LogP contribution in [0, 0.1) is 0 Å². The van der Waals surface area contributed by atoms with Crippen molar-refractivity contribution in [1.29, 1.82) is 0 Å². The first-order valence-electron chi connectivity index (χ1n) is 8.46. The molecule has 1 atom stereocenters. The normalized spacial score (nSPS) is 25.2. The Morgan fingerprint density at radius 3 is 3.00 bits per heavy atom. The summed E-state index contributed by atoms with van der Waals surface area (Å²) in [4.78, 5) is 18.3. The molecule has 2 aliphatic rings. The van der Waals surface area contributed by atoms with Gasteiger partial charge in [0.15, 0.2) is 5.76 Å². The summed E-state index contributed by atoms with van der Waals surface area (Å²) >= 11 is 1.80. The molecule has 2 fully saturated rings. The number of thiophene rings is 1. The summed E-state index contributed by atoms with van der Waals surface area (Å²) in [6.45, 7) is 4.95. The molecule has 24 heavy (non-hydrogen) atoms. The van der Waals surface area contributed by atoms with E-state index in [1.807, 2.05) is 4.90 Å². The van der Waals surface area contributed by atoms with E-state index >= 15 is 0 Å². The topological polar surface area (TPSA) is 45.9 Å². The van der Waals surface area contributed by atoms with Crippen LogP contribution in [0.1, 0.15) is 28.3 Å². The lowest BCUT2D eigenvalue weighted by molar-refractivity contribution is -0.136. The Morgan fingerprint density at radius 1 is 1.25 bits per heavy atom. The van der Waals surface area contributed by atoms with Crippen molar-refractivity contribution in [2.24, 2.45) is 0 Å². The van der Waals surface area contributed by atoms with Gasteiger partial charge in [-0.15, -0.1) is 11.3 Å². The summed E-state index contributed by atoms with van der Waals surface area (Å²) in [6, 6.07) is 7.77. The molecule has 2 saturated heterocycles. The molecule has 2 aromatic rings. The zero-order chi connectivity index (χ0) is 16.4.